The van der Waals surface area contributed by atoms with Crippen LogP contribution in [-0.4, -0.2) is 21.8 Å². The van der Waals surface area contributed by atoms with Crippen molar-refractivity contribution in [2.75, 3.05) is 6.54 Å². The maximum absolute atomic E-state index is 13.6. The van der Waals surface area contributed by atoms with Gasteiger partial charge in [-0.25, -0.2) is 4.39 Å². The molecule has 1 aromatic heterocycles. The number of hydrogen-bond donors (Lipinski definition) is 2. The fraction of sp³-hybridized carbons (Fsp3) is 0.385. The molecule has 0 aliphatic rings. The first-order valence-corrected chi connectivity index (χ1v) is 6.07. The quantitative estimate of drug-likeness (QED) is 0.866. The molecule has 2 rings (SSSR count). The number of aryl methyl sites for hydroxylation is 1. The zero-order chi connectivity index (χ0) is 13.8. The highest BCUT2D eigenvalue weighted by Crippen LogP contribution is 2.20. The molecule has 0 amide bonds. The highest BCUT2D eigenvalue weighted by Gasteiger charge is 2.11. The molecule has 0 bridgehead atoms. The number of halogens is 1. The molecule has 1 heterocycles. The molecular formula is C13H16FN3O2. The Bertz CT molecular complexity index is 557. The first-order chi connectivity index (χ1) is 9.06. The summed E-state index contributed by atoms with van der Waals surface area (Å²) in [5.41, 5.74) is 0.516. The van der Waals surface area contributed by atoms with E-state index in [0.717, 1.165) is 6.07 Å². The van der Waals surface area contributed by atoms with Gasteiger partial charge < -0.3 is 14.9 Å². The summed E-state index contributed by atoms with van der Waals surface area (Å²) in [6.07, 6.45) is 0.612. The summed E-state index contributed by atoms with van der Waals surface area (Å²) < 4.78 is 18.5. The molecule has 2 N–H and O–H groups in total. The Balaban J connectivity index is 1.88. The van der Waals surface area contributed by atoms with Crippen LogP contribution in [0.15, 0.2) is 22.7 Å². The molecule has 0 saturated heterocycles. The van der Waals surface area contributed by atoms with E-state index in [4.69, 9.17) is 9.63 Å². The fourth-order valence-electron chi connectivity index (χ4n) is 1.82. The van der Waals surface area contributed by atoms with E-state index in [9.17, 15) is 4.39 Å². The summed E-state index contributed by atoms with van der Waals surface area (Å²) >= 11 is 0. The Hall–Kier alpha value is -1.95. The highest BCUT2D eigenvalue weighted by molar-refractivity contribution is 5.29. The average Bonchev–Trinajstić information content (AvgIpc) is 2.75. The summed E-state index contributed by atoms with van der Waals surface area (Å²) in [5.74, 6) is 0.669. The fourth-order valence-corrected chi connectivity index (χ4v) is 1.82. The summed E-state index contributed by atoms with van der Waals surface area (Å²) in [7, 11) is 0. The van der Waals surface area contributed by atoms with Gasteiger partial charge in [0.05, 0.1) is 0 Å². The predicted octanol–water partition coefficient (Wildman–Crippen LogP) is 2.12. The topological polar surface area (TPSA) is 71.2 Å². The van der Waals surface area contributed by atoms with Crippen molar-refractivity contribution in [3.05, 3.63) is 41.3 Å². The molecule has 5 nitrogen and oxygen atoms in total. The number of phenolic OH excluding ortho intramolecular Hbond substituents is 1. The third kappa shape index (κ3) is 3.51. The lowest BCUT2D eigenvalue weighted by Gasteiger charge is -2.14. The molecule has 1 aromatic carbocycles. The second kappa shape index (κ2) is 5.79. The number of nitrogens with zero attached hydrogens (tertiary/aromatic N) is 2. The summed E-state index contributed by atoms with van der Waals surface area (Å²) in [6, 6.07) is 3.99. The predicted molar refractivity (Wildman–Crippen MR) is 67.2 cm³/mol. The second-order valence-electron chi connectivity index (χ2n) is 4.36. The van der Waals surface area contributed by atoms with Gasteiger partial charge in [0, 0.05) is 37.6 Å². The van der Waals surface area contributed by atoms with Crippen LogP contribution in [0.5, 0.6) is 5.75 Å². The van der Waals surface area contributed by atoms with E-state index in [2.05, 4.69) is 15.5 Å². The minimum atomic E-state index is -0.421. The van der Waals surface area contributed by atoms with E-state index in [1.165, 1.54) is 6.07 Å². The van der Waals surface area contributed by atoms with Crippen LogP contribution in [0, 0.1) is 12.7 Å². The lowest BCUT2D eigenvalue weighted by Crippen LogP contribution is -2.22. The number of hydrogen-bond acceptors (Lipinski definition) is 5. The Kier molecular flexibility index (Phi) is 4.11. The van der Waals surface area contributed by atoms with Gasteiger partial charge in [-0.1, -0.05) is 11.2 Å². The monoisotopic (exact) mass is 265 g/mol. The van der Waals surface area contributed by atoms with Crippen molar-refractivity contribution in [2.24, 2.45) is 0 Å². The van der Waals surface area contributed by atoms with Gasteiger partial charge in [0.2, 0.25) is 5.89 Å². The Labute approximate surface area is 110 Å². The van der Waals surface area contributed by atoms with Crippen LogP contribution >= 0.6 is 0 Å². The van der Waals surface area contributed by atoms with Gasteiger partial charge in [0.25, 0.3) is 0 Å². The van der Waals surface area contributed by atoms with E-state index in [1.807, 2.05) is 6.92 Å². The minimum Gasteiger partial charge on any atom is -0.508 e. The Morgan fingerprint density at radius 2 is 2.26 bits per heavy atom. The molecule has 0 spiro atoms. The van der Waals surface area contributed by atoms with E-state index < -0.39 is 5.82 Å². The maximum atomic E-state index is 13.6. The number of aromatic nitrogens is 2. The van der Waals surface area contributed by atoms with Crippen LogP contribution in [0.4, 0.5) is 4.39 Å². The number of rotatable bonds is 5. The zero-order valence-corrected chi connectivity index (χ0v) is 10.9. The molecule has 0 aliphatic carbocycles. The molecule has 19 heavy (non-hydrogen) atoms. The van der Waals surface area contributed by atoms with Gasteiger partial charge >= 0.3 is 0 Å². The third-order valence-corrected chi connectivity index (χ3v) is 2.82. The lowest BCUT2D eigenvalue weighted by molar-refractivity contribution is 0.386. The van der Waals surface area contributed by atoms with E-state index in [0.29, 0.717) is 30.2 Å². The number of nitrogens with one attached hydrogen (secondary N) is 1. The van der Waals surface area contributed by atoms with E-state index >= 15 is 0 Å². The van der Waals surface area contributed by atoms with Crippen molar-refractivity contribution in [3.8, 4) is 5.75 Å². The first kappa shape index (κ1) is 13.5. The molecule has 102 valence electrons. The van der Waals surface area contributed by atoms with Gasteiger partial charge in [-0.05, 0) is 13.0 Å². The first-order valence-electron chi connectivity index (χ1n) is 6.07. The van der Waals surface area contributed by atoms with Crippen molar-refractivity contribution in [3.63, 3.8) is 0 Å². The van der Waals surface area contributed by atoms with Gasteiger partial charge in [-0.15, -0.1) is 0 Å². The number of benzene rings is 1. The van der Waals surface area contributed by atoms with Gasteiger partial charge in [0.1, 0.15) is 11.6 Å². The van der Waals surface area contributed by atoms with Crippen LogP contribution in [-0.2, 0) is 6.42 Å². The SMILES string of the molecule is Cc1nc(CCNC(C)c2ccc(O)cc2F)no1. The third-order valence-electron chi connectivity index (χ3n) is 2.82. The van der Waals surface area contributed by atoms with Crippen LogP contribution in [0.2, 0.25) is 0 Å². The molecule has 0 saturated carbocycles. The van der Waals surface area contributed by atoms with Crippen LogP contribution in [0.1, 0.15) is 30.2 Å². The standard InChI is InChI=1S/C13H16FN3O2/c1-8(11-4-3-10(18)7-12(11)14)15-6-5-13-16-9(2)19-17-13/h3-4,7-8,15,18H,5-6H2,1-2H3. The van der Waals surface area contributed by atoms with Gasteiger partial charge in [-0.2, -0.15) is 4.98 Å². The molecule has 0 fully saturated rings. The second-order valence-corrected chi connectivity index (χ2v) is 4.36. The van der Waals surface area contributed by atoms with Crippen molar-refractivity contribution < 1.29 is 14.0 Å². The highest BCUT2D eigenvalue weighted by atomic mass is 19.1. The van der Waals surface area contributed by atoms with Crippen LogP contribution in [0.3, 0.4) is 0 Å². The Morgan fingerprint density at radius 3 is 2.89 bits per heavy atom. The maximum Gasteiger partial charge on any atom is 0.223 e. The summed E-state index contributed by atoms with van der Waals surface area (Å²) in [5, 5.41) is 16.1. The number of aromatic hydroxyl groups is 1. The molecule has 0 radical (unpaired) electrons. The van der Waals surface area contributed by atoms with Crippen LogP contribution in [0.25, 0.3) is 0 Å². The van der Waals surface area contributed by atoms with Gasteiger partial charge in [0.15, 0.2) is 5.82 Å². The molecule has 2 aromatic rings. The van der Waals surface area contributed by atoms with Gasteiger partial charge in [-0.3, -0.25) is 0 Å². The molecular weight excluding hydrogens is 249 g/mol. The van der Waals surface area contributed by atoms with Crippen LogP contribution < -0.4 is 5.32 Å². The summed E-state index contributed by atoms with van der Waals surface area (Å²) in [4.78, 5) is 4.08. The smallest absolute Gasteiger partial charge is 0.223 e. The molecule has 6 heteroatoms. The van der Waals surface area contributed by atoms with Crippen molar-refractivity contribution in [2.45, 2.75) is 26.3 Å². The van der Waals surface area contributed by atoms with Crippen molar-refractivity contribution in [1.29, 1.82) is 0 Å². The van der Waals surface area contributed by atoms with Crippen molar-refractivity contribution in [1.82, 2.24) is 15.5 Å². The van der Waals surface area contributed by atoms with Crippen molar-refractivity contribution >= 4 is 0 Å². The van der Waals surface area contributed by atoms with E-state index in [-0.39, 0.29) is 11.8 Å². The minimum absolute atomic E-state index is 0.0734. The van der Waals surface area contributed by atoms with E-state index in [1.54, 1.807) is 13.0 Å². The largest absolute Gasteiger partial charge is 0.508 e. The lowest BCUT2D eigenvalue weighted by atomic mass is 10.1. The molecule has 1 atom stereocenters. The Morgan fingerprint density at radius 1 is 1.47 bits per heavy atom. The number of phenols is 1. The average molecular weight is 265 g/mol. The molecule has 1 unspecified atom stereocenters. The molecule has 0 aliphatic heterocycles. The summed E-state index contributed by atoms with van der Waals surface area (Å²) in [6.45, 7) is 4.20. The normalized spacial score (nSPS) is 12.6. The zero-order valence-electron chi connectivity index (χ0n) is 10.9.